The van der Waals surface area contributed by atoms with Crippen molar-refractivity contribution < 1.29 is 17.9 Å². The topological polar surface area (TPSA) is 115 Å². The van der Waals surface area contributed by atoms with Crippen molar-refractivity contribution >= 4 is 23.5 Å². The highest BCUT2D eigenvalue weighted by Gasteiger charge is 2.30. The number of aromatic amines is 1. The lowest BCUT2D eigenvalue weighted by atomic mass is 10.1. The van der Waals surface area contributed by atoms with Crippen LogP contribution in [0.2, 0.25) is 0 Å². The SMILES string of the molecule is CSc1nc(N)cc(OC2C=CC(Nc3n[nH]c(-c4cccc(C(F)(F)F)c4)n3)=CC2)n1. The van der Waals surface area contributed by atoms with Gasteiger partial charge in [0.1, 0.15) is 11.9 Å². The number of ether oxygens (including phenoxy) is 1. The van der Waals surface area contributed by atoms with Crippen LogP contribution in [0, 0.1) is 0 Å². The second kappa shape index (κ2) is 8.91. The average molecular weight is 461 g/mol. The number of hydrogen-bond acceptors (Lipinski definition) is 8. The molecule has 0 fully saturated rings. The molecule has 12 heteroatoms. The highest BCUT2D eigenvalue weighted by atomic mass is 32.2. The Kier molecular flexibility index (Phi) is 6.04. The van der Waals surface area contributed by atoms with Crippen LogP contribution in [0.15, 0.2) is 59.4 Å². The maximum Gasteiger partial charge on any atom is 0.416 e. The number of H-pyrrole nitrogens is 1. The van der Waals surface area contributed by atoms with E-state index in [0.29, 0.717) is 23.3 Å². The second-order valence-electron chi connectivity index (χ2n) is 6.74. The first-order chi connectivity index (χ1) is 15.3. The van der Waals surface area contributed by atoms with E-state index in [9.17, 15) is 13.2 Å². The van der Waals surface area contributed by atoms with Crippen LogP contribution in [0.1, 0.15) is 12.0 Å². The van der Waals surface area contributed by atoms with E-state index in [1.807, 2.05) is 18.4 Å². The summed E-state index contributed by atoms with van der Waals surface area (Å²) in [6, 6.07) is 6.45. The molecule has 1 unspecified atom stereocenters. The number of thioether (sulfide) groups is 1. The number of anilines is 2. The molecule has 0 saturated carbocycles. The molecular formula is C20H18F3N7OS. The number of rotatable bonds is 6. The number of aromatic nitrogens is 5. The van der Waals surface area contributed by atoms with Gasteiger partial charge in [-0.1, -0.05) is 30.0 Å². The van der Waals surface area contributed by atoms with Crippen molar-refractivity contribution in [3.63, 3.8) is 0 Å². The summed E-state index contributed by atoms with van der Waals surface area (Å²) < 4.78 is 44.6. The minimum Gasteiger partial charge on any atom is -0.470 e. The molecule has 1 aliphatic carbocycles. The van der Waals surface area contributed by atoms with Crippen LogP contribution in [0.5, 0.6) is 5.88 Å². The molecular weight excluding hydrogens is 443 g/mol. The Morgan fingerprint density at radius 2 is 2.06 bits per heavy atom. The summed E-state index contributed by atoms with van der Waals surface area (Å²) in [4.78, 5) is 12.6. The van der Waals surface area contributed by atoms with Gasteiger partial charge in [-0.3, -0.25) is 5.10 Å². The number of hydrogen-bond donors (Lipinski definition) is 3. The van der Waals surface area contributed by atoms with Gasteiger partial charge in [0.15, 0.2) is 11.0 Å². The van der Waals surface area contributed by atoms with E-state index in [1.54, 1.807) is 12.1 Å². The third kappa shape index (κ3) is 5.19. The third-order valence-electron chi connectivity index (χ3n) is 4.42. The quantitative estimate of drug-likeness (QED) is 0.368. The molecule has 0 bridgehead atoms. The van der Waals surface area contributed by atoms with Gasteiger partial charge < -0.3 is 15.8 Å². The summed E-state index contributed by atoms with van der Waals surface area (Å²) in [7, 11) is 0. The van der Waals surface area contributed by atoms with E-state index in [4.69, 9.17) is 10.5 Å². The summed E-state index contributed by atoms with van der Waals surface area (Å²) in [5.74, 6) is 1.19. The number of nitrogens with two attached hydrogens (primary N) is 1. The maximum absolute atomic E-state index is 12.9. The summed E-state index contributed by atoms with van der Waals surface area (Å²) in [5, 5.41) is 10.2. The maximum atomic E-state index is 12.9. The van der Waals surface area contributed by atoms with E-state index in [2.05, 4.69) is 30.5 Å². The molecule has 4 rings (SSSR count). The fraction of sp³-hybridized carbons (Fsp3) is 0.200. The zero-order chi connectivity index (χ0) is 22.7. The lowest BCUT2D eigenvalue weighted by Crippen LogP contribution is -2.17. The van der Waals surface area contributed by atoms with Crippen LogP contribution in [0.25, 0.3) is 11.4 Å². The third-order valence-corrected chi connectivity index (χ3v) is 4.97. The van der Waals surface area contributed by atoms with Gasteiger partial charge in [-0.25, -0.2) is 4.98 Å². The molecule has 0 saturated heterocycles. The van der Waals surface area contributed by atoms with E-state index >= 15 is 0 Å². The Morgan fingerprint density at radius 3 is 2.78 bits per heavy atom. The smallest absolute Gasteiger partial charge is 0.416 e. The summed E-state index contributed by atoms with van der Waals surface area (Å²) in [5.41, 5.74) is 6.03. The van der Waals surface area contributed by atoms with Crippen LogP contribution in [0.4, 0.5) is 24.9 Å². The van der Waals surface area contributed by atoms with E-state index in [0.717, 1.165) is 17.8 Å². The van der Waals surface area contributed by atoms with Crippen molar-refractivity contribution in [1.82, 2.24) is 25.1 Å². The van der Waals surface area contributed by atoms with Crippen LogP contribution >= 0.6 is 11.8 Å². The molecule has 3 aromatic rings. The zero-order valence-corrected chi connectivity index (χ0v) is 17.5. The fourth-order valence-corrected chi connectivity index (χ4v) is 3.31. The van der Waals surface area contributed by atoms with Crippen LogP contribution < -0.4 is 15.8 Å². The predicted molar refractivity (Wildman–Crippen MR) is 115 cm³/mol. The Morgan fingerprint density at radius 1 is 1.22 bits per heavy atom. The van der Waals surface area contributed by atoms with Crippen molar-refractivity contribution in [2.45, 2.75) is 23.9 Å². The molecule has 32 heavy (non-hydrogen) atoms. The molecule has 1 atom stereocenters. The summed E-state index contributed by atoms with van der Waals surface area (Å²) in [6.45, 7) is 0. The van der Waals surface area contributed by atoms with Crippen molar-refractivity contribution in [3.8, 4) is 17.3 Å². The fourth-order valence-electron chi connectivity index (χ4n) is 2.93. The molecule has 1 aliphatic rings. The Hall–Kier alpha value is -3.54. The largest absolute Gasteiger partial charge is 0.470 e. The lowest BCUT2D eigenvalue weighted by molar-refractivity contribution is -0.137. The minimum atomic E-state index is -4.43. The minimum absolute atomic E-state index is 0.228. The van der Waals surface area contributed by atoms with Gasteiger partial charge in [0.2, 0.25) is 11.8 Å². The van der Waals surface area contributed by atoms with Gasteiger partial charge in [-0.15, -0.1) is 5.10 Å². The van der Waals surface area contributed by atoms with Crippen molar-refractivity contribution in [2.75, 3.05) is 17.3 Å². The molecule has 1 aromatic carbocycles. The molecule has 0 amide bonds. The van der Waals surface area contributed by atoms with Crippen molar-refractivity contribution in [3.05, 3.63) is 59.8 Å². The molecule has 4 N–H and O–H groups in total. The lowest BCUT2D eigenvalue weighted by Gasteiger charge is -2.18. The number of halogens is 3. The first-order valence-corrected chi connectivity index (χ1v) is 10.6. The summed E-state index contributed by atoms with van der Waals surface area (Å²) in [6.07, 6.45) is 3.28. The molecule has 2 aromatic heterocycles. The van der Waals surface area contributed by atoms with E-state index in [1.165, 1.54) is 23.9 Å². The number of nitrogens with one attached hydrogen (secondary N) is 2. The van der Waals surface area contributed by atoms with Crippen molar-refractivity contribution in [2.24, 2.45) is 0 Å². The highest BCUT2D eigenvalue weighted by molar-refractivity contribution is 7.98. The number of benzene rings is 1. The Balaban J connectivity index is 1.39. The van der Waals surface area contributed by atoms with Gasteiger partial charge in [0.25, 0.3) is 0 Å². The zero-order valence-electron chi connectivity index (χ0n) is 16.7. The first-order valence-electron chi connectivity index (χ1n) is 9.41. The van der Waals surface area contributed by atoms with Gasteiger partial charge in [-0.05, 0) is 30.5 Å². The second-order valence-corrected chi connectivity index (χ2v) is 7.51. The Labute approximate surface area is 185 Å². The van der Waals surface area contributed by atoms with E-state index in [-0.39, 0.29) is 23.4 Å². The van der Waals surface area contributed by atoms with Crippen LogP contribution in [-0.2, 0) is 6.18 Å². The Bertz CT molecular complexity index is 1180. The van der Waals surface area contributed by atoms with E-state index < -0.39 is 11.7 Å². The first kappa shape index (κ1) is 21.7. The van der Waals surface area contributed by atoms with Gasteiger partial charge in [-0.2, -0.15) is 23.1 Å². The normalized spacial score (nSPS) is 16.0. The van der Waals surface area contributed by atoms with Crippen molar-refractivity contribution in [1.29, 1.82) is 0 Å². The molecule has 8 nitrogen and oxygen atoms in total. The van der Waals surface area contributed by atoms with Gasteiger partial charge in [0, 0.05) is 23.7 Å². The van der Waals surface area contributed by atoms with Gasteiger partial charge >= 0.3 is 6.18 Å². The molecule has 2 heterocycles. The average Bonchev–Trinajstić information content (AvgIpc) is 3.23. The standard InChI is InChI=1S/C20H18F3N7OS/c1-32-19-26-15(24)10-16(27-19)31-14-7-5-13(6-8-14)25-18-28-17(29-30-18)11-3-2-4-12(9-11)20(21,22)23/h2-7,9-10,14H,8H2,1H3,(H2,24,26,27)(H2,25,28,29,30). The van der Waals surface area contributed by atoms with Gasteiger partial charge in [0.05, 0.1) is 5.56 Å². The monoisotopic (exact) mass is 461 g/mol. The molecule has 0 aliphatic heterocycles. The number of alkyl halides is 3. The number of nitrogens with zero attached hydrogens (tertiary/aromatic N) is 4. The number of allylic oxidation sites excluding steroid dienone is 1. The van der Waals surface area contributed by atoms with Crippen LogP contribution in [0.3, 0.4) is 0 Å². The molecule has 0 radical (unpaired) electrons. The number of nitrogen functional groups attached to an aromatic ring is 1. The highest BCUT2D eigenvalue weighted by Crippen LogP contribution is 2.31. The van der Waals surface area contributed by atoms with Crippen LogP contribution in [-0.4, -0.2) is 37.5 Å². The predicted octanol–water partition coefficient (Wildman–Crippen LogP) is 4.29. The summed E-state index contributed by atoms with van der Waals surface area (Å²) >= 11 is 1.37. The molecule has 166 valence electrons. The molecule has 0 spiro atoms.